The maximum atomic E-state index is 6.37. The van der Waals surface area contributed by atoms with Gasteiger partial charge in [0.05, 0.1) is 0 Å². The van der Waals surface area contributed by atoms with Crippen molar-refractivity contribution in [1.29, 1.82) is 0 Å². The van der Waals surface area contributed by atoms with Gasteiger partial charge in [0.15, 0.2) is 0 Å². The van der Waals surface area contributed by atoms with Gasteiger partial charge in [0.25, 0.3) is 0 Å². The van der Waals surface area contributed by atoms with E-state index in [0.29, 0.717) is 0 Å². The van der Waals surface area contributed by atoms with Crippen molar-refractivity contribution in [2.24, 2.45) is 0 Å². The second-order valence-corrected chi connectivity index (χ2v) is 7.76. The summed E-state index contributed by atoms with van der Waals surface area (Å²) in [6, 6.07) is 30.6. The minimum atomic E-state index is 0.967. The molecule has 1 nitrogen and oxygen atoms in total. The van der Waals surface area contributed by atoms with Crippen molar-refractivity contribution < 1.29 is 4.42 Å². The van der Waals surface area contributed by atoms with Crippen molar-refractivity contribution in [3.05, 3.63) is 96.1 Å². The van der Waals surface area contributed by atoms with Gasteiger partial charge in [0.1, 0.15) is 11.2 Å². The van der Waals surface area contributed by atoms with E-state index in [1.807, 2.05) is 0 Å². The van der Waals surface area contributed by atoms with Crippen LogP contribution in [0.15, 0.2) is 89.3 Å². The highest BCUT2D eigenvalue weighted by Gasteiger charge is 2.24. The van der Waals surface area contributed by atoms with Gasteiger partial charge in [-0.2, -0.15) is 0 Å². The normalized spacial score (nSPS) is 12.9. The Labute approximate surface area is 161 Å². The first-order valence-corrected chi connectivity index (χ1v) is 9.75. The molecule has 0 saturated heterocycles. The molecule has 7 rings (SSSR count). The average molecular weight is 356 g/mol. The lowest BCUT2D eigenvalue weighted by molar-refractivity contribution is 0.672. The fourth-order valence-electron chi connectivity index (χ4n) is 4.98. The van der Waals surface area contributed by atoms with E-state index in [9.17, 15) is 0 Å². The quantitative estimate of drug-likeness (QED) is 0.275. The molecule has 6 aromatic rings. The van der Waals surface area contributed by atoms with Crippen LogP contribution in [-0.2, 0) is 6.42 Å². The molecule has 130 valence electrons. The van der Waals surface area contributed by atoms with E-state index in [1.165, 1.54) is 54.6 Å². The Hall–Kier alpha value is -3.58. The van der Waals surface area contributed by atoms with Gasteiger partial charge < -0.3 is 4.42 Å². The maximum absolute atomic E-state index is 6.37. The van der Waals surface area contributed by atoms with Crippen LogP contribution in [0.25, 0.3) is 54.6 Å². The summed E-state index contributed by atoms with van der Waals surface area (Å²) in [4.78, 5) is 0. The topological polar surface area (TPSA) is 13.1 Å². The summed E-state index contributed by atoms with van der Waals surface area (Å²) in [7, 11) is 0. The molecule has 1 heterocycles. The predicted molar refractivity (Wildman–Crippen MR) is 117 cm³/mol. The molecule has 0 spiro atoms. The summed E-state index contributed by atoms with van der Waals surface area (Å²) < 4.78 is 6.37. The summed E-state index contributed by atoms with van der Waals surface area (Å²) in [5.74, 6) is 0. The number of fused-ring (bicyclic) bond motifs is 10. The molecule has 28 heavy (non-hydrogen) atoms. The molecule has 0 N–H and O–H groups in total. The van der Waals surface area contributed by atoms with Gasteiger partial charge in [0.2, 0.25) is 0 Å². The molecule has 1 heteroatoms. The minimum Gasteiger partial charge on any atom is -0.455 e. The fraction of sp³-hybridized carbons (Fsp3) is 0.0370. The third-order valence-corrected chi connectivity index (χ3v) is 6.26. The standard InChI is InChI=1S/C27H16O/c1-2-7-18-14-23-19(13-17(18)6-1)15-24-21(23)11-12-25-26(24)22-10-9-16-5-3-4-8-20(16)27(22)28-25/h1-14H,15H2. The van der Waals surface area contributed by atoms with Crippen LogP contribution < -0.4 is 0 Å². The highest BCUT2D eigenvalue weighted by atomic mass is 16.3. The fourth-order valence-corrected chi connectivity index (χ4v) is 4.98. The molecule has 0 radical (unpaired) electrons. The van der Waals surface area contributed by atoms with E-state index in [1.54, 1.807) is 0 Å². The zero-order valence-corrected chi connectivity index (χ0v) is 15.2. The van der Waals surface area contributed by atoms with Gasteiger partial charge in [-0.15, -0.1) is 0 Å². The first-order valence-electron chi connectivity index (χ1n) is 9.75. The number of furan rings is 1. The highest BCUT2D eigenvalue weighted by molar-refractivity contribution is 6.17. The maximum Gasteiger partial charge on any atom is 0.143 e. The molecule has 0 bridgehead atoms. The average Bonchev–Trinajstić information content (AvgIpc) is 3.29. The first-order chi connectivity index (χ1) is 13.9. The van der Waals surface area contributed by atoms with E-state index in [-0.39, 0.29) is 0 Å². The van der Waals surface area contributed by atoms with E-state index in [0.717, 1.165) is 17.6 Å². The lowest BCUT2D eigenvalue weighted by Gasteiger charge is -2.04. The molecule has 0 saturated carbocycles. The van der Waals surface area contributed by atoms with Crippen molar-refractivity contribution >= 4 is 43.5 Å². The number of hydrogen-bond acceptors (Lipinski definition) is 1. The van der Waals surface area contributed by atoms with Crippen LogP contribution in [-0.4, -0.2) is 0 Å². The largest absolute Gasteiger partial charge is 0.455 e. The monoisotopic (exact) mass is 356 g/mol. The number of hydrogen-bond donors (Lipinski definition) is 0. The van der Waals surface area contributed by atoms with Gasteiger partial charge >= 0.3 is 0 Å². The number of rotatable bonds is 0. The molecule has 1 aromatic heterocycles. The third kappa shape index (κ3) is 1.76. The van der Waals surface area contributed by atoms with E-state index >= 15 is 0 Å². The summed E-state index contributed by atoms with van der Waals surface area (Å²) in [5.41, 5.74) is 7.52. The van der Waals surface area contributed by atoms with Gasteiger partial charge in [0, 0.05) is 16.2 Å². The Kier molecular flexibility index (Phi) is 2.60. The van der Waals surface area contributed by atoms with Crippen molar-refractivity contribution in [3.63, 3.8) is 0 Å². The van der Waals surface area contributed by atoms with Crippen molar-refractivity contribution in [1.82, 2.24) is 0 Å². The highest BCUT2D eigenvalue weighted by Crippen LogP contribution is 2.45. The lowest BCUT2D eigenvalue weighted by Crippen LogP contribution is -1.82. The van der Waals surface area contributed by atoms with Gasteiger partial charge in [-0.25, -0.2) is 0 Å². The Morgan fingerprint density at radius 3 is 2.29 bits per heavy atom. The Balaban J connectivity index is 1.59. The second-order valence-electron chi connectivity index (χ2n) is 7.76. The van der Waals surface area contributed by atoms with Crippen molar-refractivity contribution in [2.75, 3.05) is 0 Å². The Morgan fingerprint density at radius 1 is 0.607 bits per heavy atom. The van der Waals surface area contributed by atoms with E-state index in [2.05, 4.69) is 84.9 Å². The third-order valence-electron chi connectivity index (χ3n) is 6.26. The van der Waals surface area contributed by atoms with Crippen LogP contribution >= 0.6 is 0 Å². The molecular weight excluding hydrogens is 340 g/mol. The summed E-state index contributed by atoms with van der Waals surface area (Å²) in [6.45, 7) is 0. The second kappa shape index (κ2) is 5.02. The Bertz CT molecular complexity index is 1580. The van der Waals surface area contributed by atoms with Gasteiger partial charge in [-0.05, 0) is 63.0 Å². The van der Waals surface area contributed by atoms with Gasteiger partial charge in [-0.1, -0.05) is 66.7 Å². The molecule has 1 aliphatic carbocycles. The van der Waals surface area contributed by atoms with E-state index in [4.69, 9.17) is 4.42 Å². The molecule has 1 aliphatic rings. The molecule has 5 aromatic carbocycles. The van der Waals surface area contributed by atoms with Crippen LogP contribution in [0, 0.1) is 0 Å². The van der Waals surface area contributed by atoms with Crippen LogP contribution in [0.5, 0.6) is 0 Å². The SMILES string of the molecule is c1ccc2cc3c(cc2c1)Cc1c-3ccc2oc3c4ccccc4ccc3c12. The van der Waals surface area contributed by atoms with Crippen molar-refractivity contribution in [3.8, 4) is 11.1 Å². The molecule has 0 aliphatic heterocycles. The van der Waals surface area contributed by atoms with Crippen LogP contribution in [0.1, 0.15) is 11.1 Å². The summed E-state index contributed by atoms with van der Waals surface area (Å²) in [5, 5.41) is 7.53. The smallest absolute Gasteiger partial charge is 0.143 e. The Morgan fingerprint density at radius 2 is 1.39 bits per heavy atom. The lowest BCUT2D eigenvalue weighted by atomic mass is 9.99. The van der Waals surface area contributed by atoms with E-state index < -0.39 is 0 Å². The summed E-state index contributed by atoms with van der Waals surface area (Å²) >= 11 is 0. The van der Waals surface area contributed by atoms with Gasteiger partial charge in [-0.3, -0.25) is 0 Å². The zero-order valence-electron chi connectivity index (χ0n) is 15.2. The minimum absolute atomic E-state index is 0.967. The molecule has 0 fully saturated rings. The molecule has 0 atom stereocenters. The van der Waals surface area contributed by atoms with Crippen LogP contribution in [0.2, 0.25) is 0 Å². The molecule has 0 amide bonds. The number of benzene rings is 5. The van der Waals surface area contributed by atoms with Crippen LogP contribution in [0.3, 0.4) is 0 Å². The zero-order chi connectivity index (χ0) is 18.2. The predicted octanol–water partition coefficient (Wildman–Crippen LogP) is 7.46. The first kappa shape index (κ1) is 14.5. The molecule has 0 unspecified atom stereocenters. The summed E-state index contributed by atoms with van der Waals surface area (Å²) in [6.07, 6.45) is 0.967. The molecular formula is C27H16O. The van der Waals surface area contributed by atoms with Crippen LogP contribution in [0.4, 0.5) is 0 Å². The van der Waals surface area contributed by atoms with Crippen molar-refractivity contribution in [2.45, 2.75) is 6.42 Å².